The second kappa shape index (κ2) is 5.36. The summed E-state index contributed by atoms with van der Waals surface area (Å²) < 4.78 is 3.61. The number of rotatable bonds is 4. The second-order valence-electron chi connectivity index (χ2n) is 5.55. The number of aromatic nitrogens is 7. The molecule has 0 atom stereocenters. The van der Waals surface area contributed by atoms with Crippen molar-refractivity contribution in [1.82, 2.24) is 34.3 Å². The van der Waals surface area contributed by atoms with Crippen molar-refractivity contribution in [1.29, 1.82) is 0 Å². The topological polar surface area (TPSA) is 77.0 Å². The Balaban J connectivity index is 1.48. The molecule has 3 aromatic rings. The van der Waals surface area contributed by atoms with Gasteiger partial charge in [-0.15, -0.1) is 5.10 Å². The van der Waals surface area contributed by atoms with Gasteiger partial charge in [0.25, 0.3) is 0 Å². The lowest BCUT2D eigenvalue weighted by Gasteiger charge is -2.10. The van der Waals surface area contributed by atoms with Crippen LogP contribution < -0.4 is 4.90 Å². The van der Waals surface area contributed by atoms with E-state index in [2.05, 4.69) is 30.0 Å². The normalized spacial score (nSPS) is 15.0. The summed E-state index contributed by atoms with van der Waals surface area (Å²) in [5.41, 5.74) is 0.772. The van der Waals surface area contributed by atoms with E-state index in [-0.39, 0.29) is 0 Å². The van der Waals surface area contributed by atoms with Gasteiger partial charge >= 0.3 is 0 Å². The minimum Gasteiger partial charge on any atom is -0.340 e. The maximum atomic E-state index is 4.66. The summed E-state index contributed by atoms with van der Waals surface area (Å²) in [7, 11) is 1.95. The molecule has 4 heterocycles. The van der Waals surface area contributed by atoms with Gasteiger partial charge in [0.2, 0.25) is 5.95 Å². The van der Waals surface area contributed by atoms with E-state index < -0.39 is 0 Å². The van der Waals surface area contributed by atoms with Crippen LogP contribution in [0.1, 0.15) is 24.5 Å². The molecule has 0 aromatic carbocycles. The van der Waals surface area contributed by atoms with Gasteiger partial charge in [0, 0.05) is 45.4 Å². The maximum Gasteiger partial charge on any atom is 0.244 e. The Morgan fingerprint density at radius 3 is 2.77 bits per heavy atom. The first-order valence-corrected chi connectivity index (χ1v) is 7.60. The van der Waals surface area contributed by atoms with E-state index in [4.69, 9.17) is 0 Å². The molecule has 0 N–H and O–H groups in total. The predicted octanol–water partition coefficient (Wildman–Crippen LogP) is 0.638. The molecule has 0 amide bonds. The molecule has 1 aliphatic rings. The van der Waals surface area contributed by atoms with E-state index in [0.717, 1.165) is 49.2 Å². The molecule has 1 fully saturated rings. The van der Waals surface area contributed by atoms with Crippen LogP contribution in [0.3, 0.4) is 0 Å². The number of anilines is 1. The highest BCUT2D eigenvalue weighted by Crippen LogP contribution is 2.16. The van der Waals surface area contributed by atoms with Gasteiger partial charge < -0.3 is 4.90 Å². The van der Waals surface area contributed by atoms with Crippen molar-refractivity contribution < 1.29 is 0 Å². The molecule has 0 radical (unpaired) electrons. The van der Waals surface area contributed by atoms with Crippen molar-refractivity contribution in [2.24, 2.45) is 7.05 Å². The summed E-state index contributed by atoms with van der Waals surface area (Å²) in [6.45, 7) is 2.12. The summed E-state index contributed by atoms with van der Waals surface area (Å²) >= 11 is 0. The van der Waals surface area contributed by atoms with Crippen LogP contribution in [0.15, 0.2) is 18.6 Å². The lowest BCUT2D eigenvalue weighted by atomic mass is 10.3. The molecular weight excluding hydrogens is 280 g/mol. The van der Waals surface area contributed by atoms with Crippen LogP contribution in [0.2, 0.25) is 0 Å². The van der Waals surface area contributed by atoms with Crippen LogP contribution in [0, 0.1) is 0 Å². The number of fused-ring (bicyclic) bond motifs is 1. The Kier molecular flexibility index (Phi) is 3.21. The highest BCUT2D eigenvalue weighted by atomic mass is 15.4. The summed E-state index contributed by atoms with van der Waals surface area (Å²) in [6.07, 6.45) is 9.20. The molecule has 0 spiro atoms. The molecule has 114 valence electrons. The van der Waals surface area contributed by atoms with Crippen LogP contribution >= 0.6 is 0 Å². The lowest BCUT2D eigenvalue weighted by molar-refractivity contribution is 0.681. The monoisotopic (exact) mass is 298 g/mol. The van der Waals surface area contributed by atoms with Crippen molar-refractivity contribution in [3.8, 4) is 0 Å². The molecule has 3 aromatic heterocycles. The Hall–Kier alpha value is -2.51. The third-order valence-electron chi connectivity index (χ3n) is 3.99. The van der Waals surface area contributed by atoms with E-state index in [1.54, 1.807) is 23.1 Å². The summed E-state index contributed by atoms with van der Waals surface area (Å²) in [6, 6.07) is 0. The van der Waals surface area contributed by atoms with Gasteiger partial charge in [-0.25, -0.2) is 9.50 Å². The van der Waals surface area contributed by atoms with E-state index in [1.165, 1.54) is 12.8 Å². The van der Waals surface area contributed by atoms with Crippen molar-refractivity contribution in [2.75, 3.05) is 18.0 Å². The van der Waals surface area contributed by atoms with E-state index >= 15 is 0 Å². The van der Waals surface area contributed by atoms with Crippen LogP contribution in [-0.2, 0) is 19.9 Å². The van der Waals surface area contributed by atoms with Gasteiger partial charge in [-0.05, 0) is 12.8 Å². The standard InChI is InChI=1S/C14H18N8/c1-20-12(17-14(19-20)21-7-2-3-8-21)5-4-11-16-13-10-15-6-9-22(13)18-11/h6,9-10H,2-5,7-8H2,1H3. The van der Waals surface area contributed by atoms with Gasteiger partial charge in [-0.2, -0.15) is 10.1 Å². The number of aryl methyl sites for hydroxylation is 3. The summed E-state index contributed by atoms with van der Waals surface area (Å²) in [5, 5.41) is 8.96. The third kappa shape index (κ3) is 2.40. The molecule has 0 saturated carbocycles. The molecule has 0 bridgehead atoms. The van der Waals surface area contributed by atoms with Crippen molar-refractivity contribution in [2.45, 2.75) is 25.7 Å². The van der Waals surface area contributed by atoms with Crippen LogP contribution in [0.4, 0.5) is 5.95 Å². The van der Waals surface area contributed by atoms with Crippen LogP contribution in [0.25, 0.3) is 5.65 Å². The highest BCUT2D eigenvalue weighted by Gasteiger charge is 2.18. The smallest absolute Gasteiger partial charge is 0.244 e. The average Bonchev–Trinajstić information content (AvgIpc) is 3.24. The van der Waals surface area contributed by atoms with Gasteiger partial charge in [-0.3, -0.25) is 9.67 Å². The van der Waals surface area contributed by atoms with Gasteiger partial charge in [0.1, 0.15) is 5.82 Å². The Morgan fingerprint density at radius 2 is 1.95 bits per heavy atom. The molecule has 0 aliphatic carbocycles. The van der Waals surface area contributed by atoms with Gasteiger partial charge in [-0.1, -0.05) is 0 Å². The molecule has 8 heteroatoms. The zero-order chi connectivity index (χ0) is 14.9. The molecular formula is C14H18N8. The maximum absolute atomic E-state index is 4.66. The van der Waals surface area contributed by atoms with E-state index in [1.807, 2.05) is 11.7 Å². The quantitative estimate of drug-likeness (QED) is 0.703. The van der Waals surface area contributed by atoms with E-state index in [0.29, 0.717) is 0 Å². The van der Waals surface area contributed by atoms with Crippen molar-refractivity contribution >= 4 is 11.6 Å². The first-order chi connectivity index (χ1) is 10.8. The summed E-state index contributed by atoms with van der Waals surface area (Å²) in [4.78, 5) is 15.4. The van der Waals surface area contributed by atoms with Gasteiger partial charge in [0.15, 0.2) is 11.5 Å². The van der Waals surface area contributed by atoms with Crippen molar-refractivity contribution in [3.63, 3.8) is 0 Å². The fourth-order valence-electron chi connectivity index (χ4n) is 2.79. The zero-order valence-electron chi connectivity index (χ0n) is 12.6. The minimum absolute atomic E-state index is 0.744. The summed E-state index contributed by atoms with van der Waals surface area (Å²) in [5.74, 6) is 2.62. The zero-order valence-corrected chi connectivity index (χ0v) is 12.6. The second-order valence-corrected chi connectivity index (χ2v) is 5.55. The SMILES string of the molecule is Cn1nc(N2CCCC2)nc1CCc1nc2cnccn2n1. The third-order valence-corrected chi connectivity index (χ3v) is 3.99. The molecule has 1 aliphatic heterocycles. The molecule has 1 saturated heterocycles. The minimum atomic E-state index is 0.744. The average molecular weight is 298 g/mol. The predicted molar refractivity (Wildman–Crippen MR) is 80.6 cm³/mol. The first-order valence-electron chi connectivity index (χ1n) is 7.60. The van der Waals surface area contributed by atoms with Crippen molar-refractivity contribution in [3.05, 3.63) is 30.2 Å². The fourth-order valence-corrected chi connectivity index (χ4v) is 2.79. The first kappa shape index (κ1) is 13.2. The Bertz CT molecular complexity index is 750. The molecule has 8 nitrogen and oxygen atoms in total. The molecule has 4 rings (SSSR count). The van der Waals surface area contributed by atoms with Gasteiger partial charge in [0.05, 0.1) is 6.20 Å². The molecule has 22 heavy (non-hydrogen) atoms. The van der Waals surface area contributed by atoms with E-state index in [9.17, 15) is 0 Å². The molecule has 0 unspecified atom stereocenters. The fraction of sp³-hybridized carbons (Fsp3) is 0.500. The van der Waals surface area contributed by atoms with Crippen LogP contribution in [-0.4, -0.2) is 47.4 Å². The Labute approximate surface area is 127 Å². The van der Waals surface area contributed by atoms with Crippen LogP contribution in [0.5, 0.6) is 0 Å². The number of hydrogen-bond acceptors (Lipinski definition) is 6. The Morgan fingerprint density at radius 1 is 1.09 bits per heavy atom. The number of nitrogens with zero attached hydrogens (tertiary/aromatic N) is 8. The largest absolute Gasteiger partial charge is 0.340 e. The number of hydrogen-bond donors (Lipinski definition) is 0. The highest BCUT2D eigenvalue weighted by molar-refractivity contribution is 5.33. The lowest BCUT2D eigenvalue weighted by Crippen LogP contribution is -2.19.